The monoisotopic (exact) mass is 241 g/mol. The van der Waals surface area contributed by atoms with Crippen LogP contribution in [-0.4, -0.2) is 55.7 Å². The Hall–Kier alpha value is -0.650. The fraction of sp³-hybridized carbons (Fsp3) is 0.917. The van der Waals surface area contributed by atoms with Crippen LogP contribution in [0.25, 0.3) is 0 Å². The second-order valence-electron chi connectivity index (χ2n) is 5.25. The van der Waals surface area contributed by atoms with Crippen molar-refractivity contribution in [1.29, 1.82) is 0 Å². The molecular weight excluding hydrogens is 218 g/mol. The number of ether oxygens (including phenoxy) is 1. The number of carbonyl (C=O) groups excluding carboxylic acids is 1. The molecule has 1 saturated carbocycles. The summed E-state index contributed by atoms with van der Waals surface area (Å²) in [5.74, 6) is 0.182. The summed E-state index contributed by atoms with van der Waals surface area (Å²) in [5, 5.41) is 3.19. The smallest absolute Gasteiger partial charge is 0.239 e. The van der Waals surface area contributed by atoms with Crippen molar-refractivity contribution in [2.75, 3.05) is 33.4 Å². The first-order chi connectivity index (χ1) is 8.10. The van der Waals surface area contributed by atoms with Gasteiger partial charge in [-0.15, -0.1) is 0 Å². The van der Waals surface area contributed by atoms with Gasteiger partial charge in [0.05, 0.1) is 13.2 Å². The van der Waals surface area contributed by atoms with Crippen LogP contribution in [-0.2, 0) is 9.53 Å². The standard InChI is InChI=1S/C12H23N3O2/c1-9-7-17-6-5-15(9)8-12(14-2,11(13)16)10-3-4-10/h9-10,14H,3-8H2,1-2H3,(H2,13,16). The summed E-state index contributed by atoms with van der Waals surface area (Å²) < 4.78 is 5.42. The maximum absolute atomic E-state index is 11.8. The van der Waals surface area contributed by atoms with E-state index in [-0.39, 0.29) is 5.91 Å². The highest BCUT2D eigenvalue weighted by Gasteiger charge is 2.50. The summed E-state index contributed by atoms with van der Waals surface area (Å²) in [6.07, 6.45) is 2.20. The summed E-state index contributed by atoms with van der Waals surface area (Å²) in [4.78, 5) is 14.1. The van der Waals surface area contributed by atoms with Gasteiger partial charge in [-0.1, -0.05) is 0 Å². The average molecular weight is 241 g/mol. The largest absolute Gasteiger partial charge is 0.379 e. The zero-order chi connectivity index (χ0) is 12.5. The first-order valence-electron chi connectivity index (χ1n) is 6.41. The molecule has 0 aromatic rings. The molecule has 17 heavy (non-hydrogen) atoms. The topological polar surface area (TPSA) is 67.6 Å². The van der Waals surface area contributed by atoms with Crippen molar-refractivity contribution in [3.8, 4) is 0 Å². The molecule has 0 radical (unpaired) electrons. The fourth-order valence-electron chi connectivity index (χ4n) is 2.71. The summed E-state index contributed by atoms with van der Waals surface area (Å²) in [6.45, 7) is 5.20. The van der Waals surface area contributed by atoms with E-state index in [1.165, 1.54) is 0 Å². The minimum atomic E-state index is -0.550. The lowest BCUT2D eigenvalue weighted by Crippen LogP contribution is -2.64. The maximum atomic E-state index is 11.8. The molecule has 2 rings (SSSR count). The van der Waals surface area contributed by atoms with Gasteiger partial charge >= 0.3 is 0 Å². The first-order valence-corrected chi connectivity index (χ1v) is 6.41. The van der Waals surface area contributed by atoms with Gasteiger partial charge in [0.1, 0.15) is 5.54 Å². The van der Waals surface area contributed by atoms with E-state index in [1.807, 2.05) is 7.05 Å². The molecular formula is C12H23N3O2. The maximum Gasteiger partial charge on any atom is 0.239 e. The molecule has 1 aliphatic carbocycles. The van der Waals surface area contributed by atoms with Crippen LogP contribution in [0.5, 0.6) is 0 Å². The van der Waals surface area contributed by atoms with E-state index in [0.29, 0.717) is 18.5 Å². The second kappa shape index (κ2) is 4.92. The van der Waals surface area contributed by atoms with Crippen LogP contribution in [0.3, 0.4) is 0 Å². The highest BCUT2D eigenvalue weighted by Crippen LogP contribution is 2.40. The second-order valence-corrected chi connectivity index (χ2v) is 5.25. The molecule has 2 fully saturated rings. The SMILES string of the molecule is CNC(CN1CCOCC1C)(C(N)=O)C1CC1. The van der Waals surface area contributed by atoms with E-state index >= 15 is 0 Å². The Morgan fingerprint density at radius 2 is 2.29 bits per heavy atom. The van der Waals surface area contributed by atoms with Crippen LogP contribution in [0, 0.1) is 5.92 Å². The summed E-state index contributed by atoms with van der Waals surface area (Å²) in [5.41, 5.74) is 5.08. The van der Waals surface area contributed by atoms with Crippen LogP contribution in [0.1, 0.15) is 19.8 Å². The van der Waals surface area contributed by atoms with Crippen molar-refractivity contribution >= 4 is 5.91 Å². The number of primary amides is 1. The molecule has 1 heterocycles. The highest BCUT2D eigenvalue weighted by molar-refractivity contribution is 5.86. The number of amides is 1. The normalized spacial score (nSPS) is 29.9. The van der Waals surface area contributed by atoms with Gasteiger partial charge in [0.25, 0.3) is 0 Å². The van der Waals surface area contributed by atoms with E-state index in [2.05, 4.69) is 17.1 Å². The predicted octanol–water partition coefficient (Wildman–Crippen LogP) is -0.439. The van der Waals surface area contributed by atoms with E-state index in [9.17, 15) is 4.79 Å². The van der Waals surface area contributed by atoms with Gasteiger partial charge in [0, 0.05) is 19.1 Å². The molecule has 2 aliphatic rings. The van der Waals surface area contributed by atoms with Crippen molar-refractivity contribution in [2.24, 2.45) is 11.7 Å². The first kappa shape index (κ1) is 12.8. The van der Waals surface area contributed by atoms with Gasteiger partial charge in [-0.05, 0) is 32.7 Å². The van der Waals surface area contributed by atoms with Crippen LogP contribution in [0.15, 0.2) is 0 Å². The Balaban J connectivity index is 2.08. The highest BCUT2D eigenvalue weighted by atomic mass is 16.5. The Bertz CT molecular complexity index is 293. The van der Waals surface area contributed by atoms with E-state index in [1.54, 1.807) is 0 Å². The van der Waals surface area contributed by atoms with Crippen molar-refractivity contribution in [3.05, 3.63) is 0 Å². The van der Waals surface area contributed by atoms with E-state index < -0.39 is 5.54 Å². The van der Waals surface area contributed by atoms with Gasteiger partial charge in [-0.3, -0.25) is 9.69 Å². The lowest BCUT2D eigenvalue weighted by atomic mass is 9.91. The van der Waals surface area contributed by atoms with E-state index in [0.717, 1.165) is 32.6 Å². The minimum Gasteiger partial charge on any atom is -0.379 e. The lowest BCUT2D eigenvalue weighted by Gasteiger charge is -2.40. The Morgan fingerprint density at radius 3 is 2.76 bits per heavy atom. The fourth-order valence-corrected chi connectivity index (χ4v) is 2.71. The number of carbonyl (C=O) groups is 1. The quantitative estimate of drug-likeness (QED) is 0.685. The van der Waals surface area contributed by atoms with Gasteiger partial charge < -0.3 is 15.8 Å². The molecule has 2 atom stereocenters. The molecule has 0 spiro atoms. The van der Waals surface area contributed by atoms with Gasteiger partial charge in [0.2, 0.25) is 5.91 Å². The van der Waals surface area contributed by atoms with Crippen molar-refractivity contribution < 1.29 is 9.53 Å². The molecule has 5 heteroatoms. The number of nitrogens with one attached hydrogen (secondary N) is 1. The Labute approximate surface area is 103 Å². The van der Waals surface area contributed by atoms with E-state index in [4.69, 9.17) is 10.5 Å². The lowest BCUT2D eigenvalue weighted by molar-refractivity contribution is -0.127. The molecule has 0 aromatic carbocycles. The van der Waals surface area contributed by atoms with Crippen LogP contribution in [0.4, 0.5) is 0 Å². The van der Waals surface area contributed by atoms with Gasteiger partial charge in [-0.2, -0.15) is 0 Å². The van der Waals surface area contributed by atoms with Crippen LogP contribution < -0.4 is 11.1 Å². The zero-order valence-electron chi connectivity index (χ0n) is 10.7. The number of nitrogens with zero attached hydrogens (tertiary/aromatic N) is 1. The Morgan fingerprint density at radius 1 is 1.59 bits per heavy atom. The van der Waals surface area contributed by atoms with Gasteiger partial charge in [0.15, 0.2) is 0 Å². The average Bonchev–Trinajstić information content (AvgIpc) is 3.12. The summed E-state index contributed by atoms with van der Waals surface area (Å²) in [6, 6.07) is 0.356. The van der Waals surface area contributed by atoms with Gasteiger partial charge in [-0.25, -0.2) is 0 Å². The van der Waals surface area contributed by atoms with Crippen LogP contribution >= 0.6 is 0 Å². The number of morpholine rings is 1. The predicted molar refractivity (Wildman–Crippen MR) is 65.6 cm³/mol. The summed E-state index contributed by atoms with van der Waals surface area (Å²) >= 11 is 0. The van der Waals surface area contributed by atoms with Crippen molar-refractivity contribution in [2.45, 2.75) is 31.3 Å². The number of likely N-dealkylation sites (N-methyl/N-ethyl adjacent to an activating group) is 1. The molecule has 0 bridgehead atoms. The zero-order valence-corrected chi connectivity index (χ0v) is 10.7. The third kappa shape index (κ3) is 2.46. The Kier molecular flexibility index (Phi) is 3.70. The van der Waals surface area contributed by atoms with Crippen LogP contribution in [0.2, 0.25) is 0 Å². The molecule has 0 aromatic heterocycles. The number of nitrogens with two attached hydrogens (primary N) is 1. The summed E-state index contributed by atoms with van der Waals surface area (Å²) in [7, 11) is 1.84. The third-order valence-electron chi connectivity index (χ3n) is 4.12. The van der Waals surface area contributed by atoms with Crippen molar-refractivity contribution in [3.63, 3.8) is 0 Å². The molecule has 1 aliphatic heterocycles. The molecule has 3 N–H and O–H groups in total. The molecule has 2 unspecified atom stereocenters. The van der Waals surface area contributed by atoms with Crippen molar-refractivity contribution in [1.82, 2.24) is 10.2 Å². The molecule has 5 nitrogen and oxygen atoms in total. The molecule has 1 saturated heterocycles. The molecule has 1 amide bonds. The third-order valence-corrected chi connectivity index (χ3v) is 4.12. The molecule has 98 valence electrons. The number of hydrogen-bond donors (Lipinski definition) is 2. The number of hydrogen-bond acceptors (Lipinski definition) is 4. The minimum absolute atomic E-state index is 0.221. The number of rotatable bonds is 5.